The van der Waals surface area contributed by atoms with E-state index in [0.29, 0.717) is 44.4 Å². The number of carbonyl (C=O) groups is 1. The topological polar surface area (TPSA) is 135 Å². The summed E-state index contributed by atoms with van der Waals surface area (Å²) in [6, 6.07) is 6.85. The Hall–Kier alpha value is -3.44. The molecule has 1 aliphatic rings. The molecule has 11 heteroatoms. The van der Waals surface area contributed by atoms with E-state index in [1.807, 2.05) is 14.1 Å². The Morgan fingerprint density at radius 2 is 2.10 bits per heavy atom. The molecule has 162 valence electrons. The highest BCUT2D eigenvalue weighted by Crippen LogP contribution is 2.34. The standard InChI is InChI=1S/C20H22N6O4S/c1-26(2)7-3-6-22-18(27)15-9-12-17(23-20(21)24-19(12)31-15)16(25-28)11-4-5-13-14(8-11)30-10-29-13/h4-5,8-9,28H,3,6-7,10H2,1-2H3,(H,22,27)(H2,21,23,24)/b25-16-. The second-order valence-corrected chi connectivity index (χ2v) is 8.22. The van der Waals surface area contributed by atoms with E-state index in [9.17, 15) is 10.0 Å². The van der Waals surface area contributed by atoms with E-state index in [1.54, 1.807) is 24.3 Å². The number of hydrogen-bond donors (Lipinski definition) is 3. The van der Waals surface area contributed by atoms with Crippen LogP contribution < -0.4 is 20.5 Å². The van der Waals surface area contributed by atoms with Gasteiger partial charge < -0.3 is 30.6 Å². The van der Waals surface area contributed by atoms with Crippen LogP contribution in [-0.2, 0) is 0 Å². The fourth-order valence-corrected chi connectivity index (χ4v) is 4.15. The number of amides is 1. The van der Waals surface area contributed by atoms with Crippen LogP contribution in [0.2, 0.25) is 0 Å². The molecular weight excluding hydrogens is 420 g/mol. The fourth-order valence-electron chi connectivity index (χ4n) is 3.20. The van der Waals surface area contributed by atoms with Crippen molar-refractivity contribution in [2.45, 2.75) is 6.42 Å². The number of nitrogens with zero attached hydrogens (tertiary/aromatic N) is 4. The Labute approximate surface area is 182 Å². The smallest absolute Gasteiger partial charge is 0.261 e. The van der Waals surface area contributed by atoms with Crippen molar-refractivity contribution >= 4 is 39.1 Å². The lowest BCUT2D eigenvalue weighted by molar-refractivity contribution is 0.0956. The predicted octanol–water partition coefficient (Wildman–Crippen LogP) is 1.91. The molecule has 4 N–H and O–H groups in total. The van der Waals surface area contributed by atoms with Crippen molar-refractivity contribution in [1.29, 1.82) is 0 Å². The monoisotopic (exact) mass is 442 g/mol. The third kappa shape index (κ3) is 4.37. The van der Waals surface area contributed by atoms with Gasteiger partial charge in [-0.05, 0) is 51.3 Å². The molecule has 0 fully saturated rings. The van der Waals surface area contributed by atoms with Gasteiger partial charge in [-0.2, -0.15) is 0 Å². The number of thiophene rings is 1. The van der Waals surface area contributed by atoms with E-state index >= 15 is 0 Å². The second kappa shape index (κ2) is 8.74. The van der Waals surface area contributed by atoms with Gasteiger partial charge in [0.1, 0.15) is 16.2 Å². The van der Waals surface area contributed by atoms with Gasteiger partial charge in [0, 0.05) is 17.5 Å². The number of anilines is 1. The minimum atomic E-state index is -0.197. The molecule has 0 saturated heterocycles. The maximum Gasteiger partial charge on any atom is 0.261 e. The molecule has 4 rings (SSSR count). The second-order valence-electron chi connectivity index (χ2n) is 7.19. The molecule has 3 aromatic rings. The van der Waals surface area contributed by atoms with Gasteiger partial charge in [-0.25, -0.2) is 9.97 Å². The van der Waals surface area contributed by atoms with E-state index in [1.165, 1.54) is 11.3 Å². The Morgan fingerprint density at radius 3 is 2.87 bits per heavy atom. The number of nitrogens with one attached hydrogen (secondary N) is 1. The van der Waals surface area contributed by atoms with Gasteiger partial charge in [0.2, 0.25) is 12.7 Å². The molecule has 0 atom stereocenters. The lowest BCUT2D eigenvalue weighted by Gasteiger charge is -2.09. The van der Waals surface area contributed by atoms with E-state index in [2.05, 4.69) is 25.3 Å². The summed E-state index contributed by atoms with van der Waals surface area (Å²) < 4.78 is 10.7. The average Bonchev–Trinajstić information content (AvgIpc) is 3.37. The molecule has 1 amide bonds. The molecule has 3 heterocycles. The summed E-state index contributed by atoms with van der Waals surface area (Å²) in [4.78, 5) is 24.2. The number of carbonyl (C=O) groups excluding carboxylic acids is 1. The van der Waals surface area contributed by atoms with Crippen LogP contribution in [0.15, 0.2) is 29.4 Å². The van der Waals surface area contributed by atoms with Crippen molar-refractivity contribution < 1.29 is 19.5 Å². The Bertz CT molecular complexity index is 1160. The molecular formula is C20H22N6O4S. The SMILES string of the molecule is CN(C)CCCNC(=O)c1cc2c(/C(=N\O)c3ccc4c(c3)OCO4)nc(N)nc2s1. The third-order valence-electron chi connectivity index (χ3n) is 4.67. The first kappa shape index (κ1) is 20.8. The summed E-state index contributed by atoms with van der Waals surface area (Å²) in [6.45, 7) is 1.57. The normalized spacial score (nSPS) is 13.2. The van der Waals surface area contributed by atoms with Crippen LogP contribution in [0.4, 0.5) is 5.95 Å². The Morgan fingerprint density at radius 1 is 1.29 bits per heavy atom. The van der Waals surface area contributed by atoms with Gasteiger partial charge in [-0.15, -0.1) is 11.3 Å². The first-order valence-corrected chi connectivity index (χ1v) is 10.4. The van der Waals surface area contributed by atoms with Gasteiger partial charge in [-0.1, -0.05) is 5.16 Å². The quantitative estimate of drug-likeness (QED) is 0.219. The molecule has 0 spiro atoms. The highest BCUT2D eigenvalue weighted by molar-refractivity contribution is 7.20. The lowest BCUT2D eigenvalue weighted by atomic mass is 10.0. The van der Waals surface area contributed by atoms with Gasteiger partial charge in [0.15, 0.2) is 11.5 Å². The average molecular weight is 443 g/mol. The van der Waals surface area contributed by atoms with E-state index in [0.717, 1.165) is 13.0 Å². The van der Waals surface area contributed by atoms with Crippen LogP contribution in [0.25, 0.3) is 10.2 Å². The largest absolute Gasteiger partial charge is 0.454 e. The molecule has 10 nitrogen and oxygen atoms in total. The number of ether oxygens (including phenoxy) is 2. The highest BCUT2D eigenvalue weighted by atomic mass is 32.1. The van der Waals surface area contributed by atoms with Crippen LogP contribution in [0, 0.1) is 0 Å². The number of oxime groups is 1. The zero-order valence-electron chi connectivity index (χ0n) is 17.1. The molecule has 1 aromatic carbocycles. The van der Waals surface area contributed by atoms with Crippen molar-refractivity contribution in [1.82, 2.24) is 20.2 Å². The number of nitrogen functional groups attached to an aromatic ring is 1. The number of nitrogens with two attached hydrogens (primary N) is 1. The maximum atomic E-state index is 12.6. The molecule has 0 bridgehead atoms. The van der Waals surface area contributed by atoms with Gasteiger partial charge in [0.25, 0.3) is 5.91 Å². The summed E-state index contributed by atoms with van der Waals surface area (Å²) in [6.07, 6.45) is 0.840. The van der Waals surface area contributed by atoms with Gasteiger partial charge in [-0.3, -0.25) is 4.79 Å². The summed E-state index contributed by atoms with van der Waals surface area (Å²) in [7, 11) is 3.97. The van der Waals surface area contributed by atoms with E-state index in [4.69, 9.17) is 15.2 Å². The first-order valence-electron chi connectivity index (χ1n) is 9.58. The number of fused-ring (bicyclic) bond motifs is 2. The summed E-state index contributed by atoms with van der Waals surface area (Å²) in [5.41, 5.74) is 6.97. The minimum Gasteiger partial charge on any atom is -0.454 e. The fraction of sp³-hybridized carbons (Fsp3) is 0.300. The zero-order chi connectivity index (χ0) is 22.0. The summed E-state index contributed by atoms with van der Waals surface area (Å²) >= 11 is 1.21. The van der Waals surface area contributed by atoms with Crippen LogP contribution >= 0.6 is 11.3 Å². The molecule has 1 aliphatic heterocycles. The Kier molecular flexibility index (Phi) is 5.87. The number of aromatic nitrogens is 2. The summed E-state index contributed by atoms with van der Waals surface area (Å²) in [5, 5.41) is 16.7. The predicted molar refractivity (Wildman–Crippen MR) is 117 cm³/mol. The zero-order valence-corrected chi connectivity index (χ0v) is 17.9. The highest BCUT2D eigenvalue weighted by Gasteiger charge is 2.22. The van der Waals surface area contributed by atoms with Crippen molar-refractivity contribution in [2.75, 3.05) is 39.7 Å². The van der Waals surface area contributed by atoms with Gasteiger partial charge in [0.05, 0.1) is 4.88 Å². The molecule has 31 heavy (non-hydrogen) atoms. The minimum absolute atomic E-state index is 0.0178. The molecule has 0 unspecified atom stereocenters. The molecule has 0 radical (unpaired) electrons. The number of hydrogen-bond acceptors (Lipinski definition) is 10. The van der Waals surface area contributed by atoms with Crippen molar-refractivity contribution in [2.24, 2.45) is 5.16 Å². The summed E-state index contributed by atoms with van der Waals surface area (Å²) in [5.74, 6) is 0.971. The van der Waals surface area contributed by atoms with E-state index < -0.39 is 0 Å². The van der Waals surface area contributed by atoms with Crippen LogP contribution in [-0.4, -0.2) is 65.7 Å². The third-order valence-corrected chi connectivity index (χ3v) is 5.70. The molecule has 2 aromatic heterocycles. The van der Waals surface area contributed by atoms with Crippen LogP contribution in [0.3, 0.4) is 0 Å². The van der Waals surface area contributed by atoms with Crippen molar-refractivity contribution in [3.05, 3.63) is 40.4 Å². The number of benzene rings is 1. The maximum absolute atomic E-state index is 12.6. The van der Waals surface area contributed by atoms with Crippen LogP contribution in [0.5, 0.6) is 11.5 Å². The molecule has 0 saturated carbocycles. The van der Waals surface area contributed by atoms with E-state index in [-0.39, 0.29) is 24.4 Å². The lowest BCUT2D eigenvalue weighted by Crippen LogP contribution is -2.26. The molecule has 0 aliphatic carbocycles. The van der Waals surface area contributed by atoms with Crippen LogP contribution in [0.1, 0.15) is 27.3 Å². The Balaban J connectivity index is 1.65. The first-order chi connectivity index (χ1) is 15.0. The van der Waals surface area contributed by atoms with Gasteiger partial charge >= 0.3 is 0 Å². The number of rotatable bonds is 7. The van der Waals surface area contributed by atoms with Crippen molar-refractivity contribution in [3.63, 3.8) is 0 Å². The van der Waals surface area contributed by atoms with Crippen molar-refractivity contribution in [3.8, 4) is 11.5 Å².